The predicted molar refractivity (Wildman–Crippen MR) is 95.8 cm³/mol. The number of pyridine rings is 1. The van der Waals surface area contributed by atoms with Crippen molar-refractivity contribution in [3.63, 3.8) is 0 Å². The number of nitrogens with one attached hydrogen (secondary N) is 3. The van der Waals surface area contributed by atoms with Crippen LogP contribution in [0.3, 0.4) is 0 Å². The fraction of sp³-hybridized carbons (Fsp3) is 0.167. The van der Waals surface area contributed by atoms with Gasteiger partial charge in [-0.05, 0) is 49.2 Å². The average molecular weight is 355 g/mol. The Balaban J connectivity index is 1.53. The highest BCUT2D eigenvalue weighted by Crippen LogP contribution is 2.21. The highest BCUT2D eigenvalue weighted by atomic mass is 35.5. The number of H-pyrrole nitrogens is 1. The molecule has 0 bridgehead atoms. The maximum absolute atomic E-state index is 12.5. The summed E-state index contributed by atoms with van der Waals surface area (Å²) in [5.41, 5.74) is 2.73. The van der Waals surface area contributed by atoms with E-state index in [2.05, 4.69) is 20.6 Å². The van der Waals surface area contributed by atoms with E-state index in [1.807, 2.05) is 12.1 Å². The van der Waals surface area contributed by atoms with Crippen LogP contribution in [0.2, 0.25) is 5.02 Å². The molecule has 4 rings (SSSR count). The largest absolute Gasteiger partial charge is 0.351 e. The lowest BCUT2D eigenvalue weighted by atomic mass is 10.1. The number of carbonyl (C=O) groups excluding carboxylic acids is 2. The van der Waals surface area contributed by atoms with Gasteiger partial charge in [0.25, 0.3) is 5.91 Å². The van der Waals surface area contributed by atoms with Crippen molar-refractivity contribution < 1.29 is 9.59 Å². The average Bonchev–Trinajstić information content (AvgIpc) is 2.95. The monoisotopic (exact) mass is 354 g/mol. The molecule has 2 amide bonds. The lowest BCUT2D eigenvalue weighted by Gasteiger charge is -2.14. The number of amides is 2. The van der Waals surface area contributed by atoms with Crippen LogP contribution in [0.4, 0.5) is 5.69 Å². The van der Waals surface area contributed by atoms with Crippen LogP contribution in [0.15, 0.2) is 42.6 Å². The Morgan fingerprint density at radius 3 is 3.04 bits per heavy atom. The van der Waals surface area contributed by atoms with Crippen LogP contribution < -0.4 is 10.6 Å². The maximum Gasteiger partial charge on any atom is 0.268 e. The zero-order valence-corrected chi connectivity index (χ0v) is 13.9. The van der Waals surface area contributed by atoms with Crippen LogP contribution in [0.1, 0.15) is 22.6 Å². The van der Waals surface area contributed by atoms with Gasteiger partial charge in [0, 0.05) is 22.1 Å². The van der Waals surface area contributed by atoms with E-state index in [1.165, 1.54) is 0 Å². The molecule has 0 radical (unpaired) electrons. The standard InChI is InChI=1S/C18H15ClN4O2/c19-11-3-4-12-10(8-11)9-16(21-12)18(25)23-15-6-5-13-14(22-17(15)24)2-1-7-20-13/h1-4,7-9,15,21H,5-6H2,(H,22,24)(H,23,25). The molecule has 1 aromatic carbocycles. The van der Waals surface area contributed by atoms with Crippen LogP contribution >= 0.6 is 11.6 Å². The van der Waals surface area contributed by atoms with E-state index in [1.54, 1.807) is 30.5 Å². The molecule has 6 nitrogen and oxygen atoms in total. The second kappa shape index (κ2) is 6.22. The van der Waals surface area contributed by atoms with Gasteiger partial charge < -0.3 is 15.6 Å². The molecule has 0 saturated heterocycles. The van der Waals surface area contributed by atoms with E-state index in [-0.39, 0.29) is 11.8 Å². The zero-order chi connectivity index (χ0) is 17.4. The number of rotatable bonds is 2. The molecule has 1 aliphatic rings. The van der Waals surface area contributed by atoms with Crippen molar-refractivity contribution >= 4 is 40.0 Å². The number of hydrogen-bond donors (Lipinski definition) is 3. The van der Waals surface area contributed by atoms with Gasteiger partial charge in [-0.25, -0.2) is 0 Å². The Morgan fingerprint density at radius 1 is 1.28 bits per heavy atom. The summed E-state index contributed by atoms with van der Waals surface area (Å²) in [6.07, 6.45) is 2.80. The van der Waals surface area contributed by atoms with Crippen molar-refractivity contribution in [2.45, 2.75) is 18.9 Å². The van der Waals surface area contributed by atoms with Crippen LogP contribution in [-0.2, 0) is 11.2 Å². The SMILES string of the molecule is O=C(NC1CCc2ncccc2NC1=O)c1cc2cc(Cl)ccc2[nH]1. The van der Waals surface area contributed by atoms with Gasteiger partial charge in [0.05, 0.1) is 11.4 Å². The van der Waals surface area contributed by atoms with Crippen molar-refractivity contribution in [1.82, 2.24) is 15.3 Å². The minimum atomic E-state index is -0.614. The minimum absolute atomic E-state index is 0.237. The summed E-state index contributed by atoms with van der Waals surface area (Å²) >= 11 is 5.97. The number of carbonyl (C=O) groups is 2. The number of aromatic amines is 1. The fourth-order valence-corrected chi connectivity index (χ4v) is 3.16. The third-order valence-corrected chi connectivity index (χ3v) is 4.50. The quantitative estimate of drug-likeness (QED) is 0.661. The van der Waals surface area contributed by atoms with E-state index < -0.39 is 6.04 Å². The third-order valence-electron chi connectivity index (χ3n) is 4.27. The molecule has 3 heterocycles. The number of halogens is 1. The molecule has 2 aromatic heterocycles. The molecule has 0 fully saturated rings. The third kappa shape index (κ3) is 3.08. The molecule has 3 N–H and O–H groups in total. The lowest BCUT2D eigenvalue weighted by molar-refractivity contribution is -0.118. The van der Waals surface area contributed by atoms with E-state index in [4.69, 9.17) is 11.6 Å². The van der Waals surface area contributed by atoms with E-state index in [9.17, 15) is 9.59 Å². The summed E-state index contributed by atoms with van der Waals surface area (Å²) in [5, 5.41) is 7.06. The highest BCUT2D eigenvalue weighted by Gasteiger charge is 2.26. The zero-order valence-electron chi connectivity index (χ0n) is 13.2. The van der Waals surface area contributed by atoms with Gasteiger partial charge in [-0.2, -0.15) is 0 Å². The second-order valence-electron chi connectivity index (χ2n) is 5.97. The summed E-state index contributed by atoms with van der Waals surface area (Å²) in [7, 11) is 0. The van der Waals surface area contributed by atoms with Crippen LogP contribution in [0, 0.1) is 0 Å². The molecule has 126 valence electrons. The molecular weight excluding hydrogens is 340 g/mol. The summed E-state index contributed by atoms with van der Waals surface area (Å²) in [6.45, 7) is 0. The van der Waals surface area contributed by atoms with Crippen molar-refractivity contribution in [1.29, 1.82) is 0 Å². The molecule has 0 aliphatic carbocycles. The highest BCUT2D eigenvalue weighted by molar-refractivity contribution is 6.31. The van der Waals surface area contributed by atoms with Crippen molar-refractivity contribution in [2.75, 3.05) is 5.32 Å². The first kappa shape index (κ1) is 15.7. The normalized spacial score (nSPS) is 16.8. The van der Waals surface area contributed by atoms with E-state index in [0.717, 1.165) is 16.6 Å². The molecular formula is C18H15ClN4O2. The van der Waals surface area contributed by atoms with Crippen LogP contribution in [0.5, 0.6) is 0 Å². The maximum atomic E-state index is 12.5. The Labute approximate surface area is 148 Å². The molecule has 3 aromatic rings. The van der Waals surface area contributed by atoms with E-state index >= 15 is 0 Å². The molecule has 1 unspecified atom stereocenters. The molecule has 7 heteroatoms. The van der Waals surface area contributed by atoms with Crippen LogP contribution in [0.25, 0.3) is 10.9 Å². The molecule has 1 aliphatic heterocycles. The summed E-state index contributed by atoms with van der Waals surface area (Å²) in [4.78, 5) is 32.2. The van der Waals surface area contributed by atoms with Gasteiger partial charge in [-0.1, -0.05) is 11.6 Å². The first-order valence-corrected chi connectivity index (χ1v) is 8.32. The van der Waals surface area contributed by atoms with Gasteiger partial charge in [-0.15, -0.1) is 0 Å². The number of benzene rings is 1. The molecule has 1 atom stereocenters. The Hall–Kier alpha value is -2.86. The molecule has 25 heavy (non-hydrogen) atoms. The number of anilines is 1. The number of hydrogen-bond acceptors (Lipinski definition) is 3. The predicted octanol–water partition coefficient (Wildman–Crippen LogP) is 2.90. The molecule has 0 saturated carbocycles. The lowest BCUT2D eigenvalue weighted by Crippen LogP contribution is -2.43. The Bertz CT molecular complexity index is 982. The minimum Gasteiger partial charge on any atom is -0.351 e. The summed E-state index contributed by atoms with van der Waals surface area (Å²) < 4.78 is 0. The van der Waals surface area contributed by atoms with Crippen molar-refractivity contribution in [3.05, 3.63) is 59.0 Å². The van der Waals surface area contributed by atoms with Gasteiger partial charge in [0.1, 0.15) is 11.7 Å². The number of aromatic nitrogens is 2. The van der Waals surface area contributed by atoms with Crippen molar-refractivity contribution in [3.8, 4) is 0 Å². The first-order valence-electron chi connectivity index (χ1n) is 7.94. The van der Waals surface area contributed by atoms with Crippen molar-refractivity contribution in [2.24, 2.45) is 0 Å². The van der Waals surface area contributed by atoms with Gasteiger partial charge in [0.2, 0.25) is 5.91 Å². The number of aryl methyl sites for hydroxylation is 1. The Kier molecular flexibility index (Phi) is 3.89. The number of fused-ring (bicyclic) bond motifs is 2. The smallest absolute Gasteiger partial charge is 0.268 e. The second-order valence-corrected chi connectivity index (χ2v) is 6.40. The van der Waals surface area contributed by atoms with Gasteiger partial charge >= 0.3 is 0 Å². The first-order chi connectivity index (χ1) is 12.1. The Morgan fingerprint density at radius 2 is 2.16 bits per heavy atom. The van der Waals surface area contributed by atoms with E-state index in [0.29, 0.717) is 29.2 Å². The fourth-order valence-electron chi connectivity index (χ4n) is 2.98. The van der Waals surface area contributed by atoms with Gasteiger partial charge in [-0.3, -0.25) is 14.6 Å². The summed E-state index contributed by atoms with van der Waals surface area (Å²) in [5.74, 6) is -0.564. The van der Waals surface area contributed by atoms with Crippen LogP contribution in [-0.4, -0.2) is 27.8 Å². The van der Waals surface area contributed by atoms with Gasteiger partial charge in [0.15, 0.2) is 0 Å². The summed E-state index contributed by atoms with van der Waals surface area (Å²) in [6, 6.07) is 10.0. The number of nitrogens with zero attached hydrogens (tertiary/aromatic N) is 1. The molecule has 0 spiro atoms. The topological polar surface area (TPSA) is 86.9 Å².